The highest BCUT2D eigenvalue weighted by atomic mass is 32.2. The van der Waals surface area contributed by atoms with Gasteiger partial charge in [0.05, 0.1) is 4.90 Å². The molecule has 0 unspecified atom stereocenters. The van der Waals surface area contributed by atoms with E-state index in [-0.39, 0.29) is 10.5 Å². The third-order valence-electron chi connectivity index (χ3n) is 2.80. The molecule has 0 saturated heterocycles. The summed E-state index contributed by atoms with van der Waals surface area (Å²) in [6.45, 7) is 1.32. The summed E-state index contributed by atoms with van der Waals surface area (Å²) >= 11 is 0. The van der Waals surface area contributed by atoms with Gasteiger partial charge in [0, 0.05) is 12.1 Å². The molecule has 20 heavy (non-hydrogen) atoms. The zero-order valence-corrected chi connectivity index (χ0v) is 11.5. The number of hydrogen-bond acceptors (Lipinski definition) is 2. The largest absolute Gasteiger partial charge is 0.240 e. The minimum atomic E-state index is -3.80. The quantitative estimate of drug-likeness (QED) is 0.943. The van der Waals surface area contributed by atoms with Crippen LogP contribution >= 0.6 is 0 Å². The Bertz CT molecular complexity index is 709. The van der Waals surface area contributed by atoms with Crippen LogP contribution in [0.25, 0.3) is 0 Å². The summed E-state index contributed by atoms with van der Waals surface area (Å²) in [7, 11) is -3.80. The lowest BCUT2D eigenvalue weighted by Gasteiger charge is -2.09. The van der Waals surface area contributed by atoms with Gasteiger partial charge in [-0.3, -0.25) is 0 Å². The van der Waals surface area contributed by atoms with Crippen LogP contribution in [0.3, 0.4) is 0 Å². The van der Waals surface area contributed by atoms with Crippen molar-refractivity contribution in [2.75, 3.05) is 0 Å². The summed E-state index contributed by atoms with van der Waals surface area (Å²) in [5.74, 6) is -1.56. The molecule has 0 atom stereocenters. The van der Waals surface area contributed by atoms with Crippen LogP contribution in [0.1, 0.15) is 11.1 Å². The van der Waals surface area contributed by atoms with Gasteiger partial charge in [0.2, 0.25) is 10.0 Å². The zero-order valence-electron chi connectivity index (χ0n) is 10.7. The average Bonchev–Trinajstić information content (AvgIpc) is 2.38. The highest BCUT2D eigenvalue weighted by molar-refractivity contribution is 7.89. The van der Waals surface area contributed by atoms with Crippen molar-refractivity contribution in [2.24, 2.45) is 0 Å². The maximum atomic E-state index is 13.4. The molecule has 0 bridgehead atoms. The van der Waals surface area contributed by atoms with E-state index in [0.29, 0.717) is 0 Å². The van der Waals surface area contributed by atoms with E-state index in [1.165, 1.54) is 18.2 Å². The van der Waals surface area contributed by atoms with E-state index in [9.17, 15) is 17.2 Å². The van der Waals surface area contributed by atoms with Crippen LogP contribution in [0.2, 0.25) is 0 Å². The molecule has 0 heterocycles. The van der Waals surface area contributed by atoms with Crippen LogP contribution in [0.15, 0.2) is 47.4 Å². The fourth-order valence-corrected chi connectivity index (χ4v) is 2.83. The van der Waals surface area contributed by atoms with Crippen molar-refractivity contribution in [2.45, 2.75) is 18.4 Å². The highest BCUT2D eigenvalue weighted by Gasteiger charge is 2.16. The molecule has 106 valence electrons. The van der Waals surface area contributed by atoms with Crippen LogP contribution < -0.4 is 4.72 Å². The van der Waals surface area contributed by atoms with Gasteiger partial charge in [-0.15, -0.1) is 0 Å². The SMILES string of the molecule is Cc1cccc(S(=O)(=O)NCc2c(F)cccc2F)c1. The summed E-state index contributed by atoms with van der Waals surface area (Å²) < 4.78 is 53.1. The third-order valence-corrected chi connectivity index (χ3v) is 4.20. The van der Waals surface area contributed by atoms with E-state index in [1.54, 1.807) is 19.1 Å². The van der Waals surface area contributed by atoms with E-state index in [0.717, 1.165) is 17.7 Å². The van der Waals surface area contributed by atoms with E-state index in [1.807, 2.05) is 0 Å². The fraction of sp³-hybridized carbons (Fsp3) is 0.143. The Morgan fingerprint density at radius 3 is 2.25 bits per heavy atom. The van der Waals surface area contributed by atoms with E-state index in [4.69, 9.17) is 0 Å². The molecule has 2 aromatic carbocycles. The second kappa shape index (κ2) is 5.68. The topological polar surface area (TPSA) is 46.2 Å². The molecule has 0 saturated carbocycles. The van der Waals surface area contributed by atoms with Crippen molar-refractivity contribution in [3.8, 4) is 0 Å². The van der Waals surface area contributed by atoms with E-state index >= 15 is 0 Å². The highest BCUT2D eigenvalue weighted by Crippen LogP contribution is 2.14. The van der Waals surface area contributed by atoms with Gasteiger partial charge >= 0.3 is 0 Å². The van der Waals surface area contributed by atoms with Crippen LogP contribution in [0.5, 0.6) is 0 Å². The Kier molecular flexibility index (Phi) is 4.15. The van der Waals surface area contributed by atoms with E-state index in [2.05, 4.69) is 4.72 Å². The zero-order chi connectivity index (χ0) is 14.8. The number of benzene rings is 2. The second-order valence-corrected chi connectivity index (χ2v) is 6.11. The van der Waals surface area contributed by atoms with Gasteiger partial charge < -0.3 is 0 Å². The van der Waals surface area contributed by atoms with Gasteiger partial charge in [0.1, 0.15) is 11.6 Å². The van der Waals surface area contributed by atoms with Gasteiger partial charge in [-0.2, -0.15) is 0 Å². The number of sulfonamides is 1. The Labute approximate surface area is 116 Å². The van der Waals surface area contributed by atoms with Crippen molar-refractivity contribution in [1.82, 2.24) is 4.72 Å². The van der Waals surface area contributed by atoms with Crippen molar-refractivity contribution in [3.63, 3.8) is 0 Å². The number of halogens is 2. The van der Waals surface area contributed by atoms with Gasteiger partial charge in [-0.05, 0) is 36.8 Å². The second-order valence-electron chi connectivity index (χ2n) is 4.34. The standard InChI is InChI=1S/C14H13F2NO2S/c1-10-4-2-5-11(8-10)20(18,19)17-9-12-13(15)6-3-7-14(12)16/h2-8,17H,9H2,1H3. The molecule has 2 rings (SSSR count). The predicted octanol–water partition coefficient (Wildman–Crippen LogP) is 2.75. The number of hydrogen-bond donors (Lipinski definition) is 1. The monoisotopic (exact) mass is 297 g/mol. The van der Waals surface area contributed by atoms with Crippen LogP contribution in [-0.4, -0.2) is 8.42 Å². The number of rotatable bonds is 4. The molecular weight excluding hydrogens is 284 g/mol. The van der Waals surface area contributed by atoms with Gasteiger partial charge in [0.25, 0.3) is 0 Å². The molecule has 0 aliphatic carbocycles. The van der Waals surface area contributed by atoms with E-state index < -0.39 is 28.2 Å². The summed E-state index contributed by atoms with van der Waals surface area (Å²) in [4.78, 5) is 0.0641. The lowest BCUT2D eigenvalue weighted by molar-refractivity contribution is 0.544. The minimum Gasteiger partial charge on any atom is -0.207 e. The number of aryl methyl sites for hydroxylation is 1. The molecule has 2 aromatic rings. The first-order valence-electron chi connectivity index (χ1n) is 5.89. The smallest absolute Gasteiger partial charge is 0.207 e. The fourth-order valence-electron chi connectivity index (χ4n) is 1.73. The van der Waals surface area contributed by atoms with Crippen molar-refractivity contribution < 1.29 is 17.2 Å². The van der Waals surface area contributed by atoms with Crippen LogP contribution in [0, 0.1) is 18.6 Å². The molecule has 0 amide bonds. The first-order valence-corrected chi connectivity index (χ1v) is 7.38. The van der Waals surface area contributed by atoms with Gasteiger partial charge in [-0.1, -0.05) is 18.2 Å². The van der Waals surface area contributed by atoms with Gasteiger partial charge in [-0.25, -0.2) is 21.9 Å². The van der Waals surface area contributed by atoms with Crippen LogP contribution in [-0.2, 0) is 16.6 Å². The lowest BCUT2D eigenvalue weighted by Crippen LogP contribution is -2.24. The average molecular weight is 297 g/mol. The first kappa shape index (κ1) is 14.6. The Balaban J connectivity index is 2.22. The molecule has 0 spiro atoms. The van der Waals surface area contributed by atoms with Crippen LogP contribution in [0.4, 0.5) is 8.78 Å². The summed E-state index contributed by atoms with van der Waals surface area (Å²) in [5, 5.41) is 0. The maximum absolute atomic E-state index is 13.4. The first-order chi connectivity index (χ1) is 9.40. The molecule has 0 aliphatic heterocycles. The Morgan fingerprint density at radius 1 is 1.05 bits per heavy atom. The van der Waals surface area contributed by atoms with Crippen molar-refractivity contribution in [1.29, 1.82) is 0 Å². The molecule has 0 aromatic heterocycles. The summed E-state index contributed by atoms with van der Waals surface area (Å²) in [6, 6.07) is 9.66. The molecule has 0 aliphatic rings. The molecular formula is C14H13F2NO2S. The lowest BCUT2D eigenvalue weighted by atomic mass is 10.2. The molecule has 1 N–H and O–H groups in total. The number of nitrogens with one attached hydrogen (secondary N) is 1. The Hall–Kier alpha value is -1.79. The van der Waals surface area contributed by atoms with Crippen molar-refractivity contribution >= 4 is 10.0 Å². The Morgan fingerprint density at radius 2 is 1.65 bits per heavy atom. The molecule has 3 nitrogen and oxygen atoms in total. The van der Waals surface area contributed by atoms with Gasteiger partial charge in [0.15, 0.2) is 0 Å². The maximum Gasteiger partial charge on any atom is 0.240 e. The molecule has 0 radical (unpaired) electrons. The normalized spacial score (nSPS) is 11.6. The van der Waals surface area contributed by atoms with Crippen molar-refractivity contribution in [3.05, 3.63) is 65.2 Å². The summed E-state index contributed by atoms with van der Waals surface area (Å²) in [5.41, 5.74) is 0.480. The minimum absolute atomic E-state index is 0.0641. The summed E-state index contributed by atoms with van der Waals surface area (Å²) in [6.07, 6.45) is 0. The molecule has 6 heteroatoms. The molecule has 0 fully saturated rings. The third kappa shape index (κ3) is 3.20. The predicted molar refractivity (Wildman–Crippen MR) is 71.6 cm³/mol.